The Morgan fingerprint density at radius 2 is 1.86 bits per heavy atom. The van der Waals surface area contributed by atoms with Crippen LogP contribution in [0.3, 0.4) is 0 Å². The lowest BCUT2D eigenvalue weighted by Crippen LogP contribution is -2.52. The Hall–Kier alpha value is -3.22. The van der Waals surface area contributed by atoms with Gasteiger partial charge in [-0.2, -0.15) is 0 Å². The molecule has 7 nitrogen and oxygen atoms in total. The first-order chi connectivity index (χ1) is 14.2. The number of phenolic OH excluding ortho intramolecular Hbond substituents is 1. The van der Waals surface area contributed by atoms with Gasteiger partial charge in [0.15, 0.2) is 5.96 Å². The van der Waals surface area contributed by atoms with E-state index in [1.54, 1.807) is 6.07 Å². The lowest BCUT2D eigenvalue weighted by atomic mass is 10.2. The van der Waals surface area contributed by atoms with E-state index in [0.29, 0.717) is 5.75 Å². The Morgan fingerprint density at radius 3 is 2.62 bits per heavy atom. The average molecular weight is 393 g/mol. The molecule has 0 unspecified atom stereocenters. The molecule has 0 saturated carbocycles. The molecular formula is C22H28N6O. The van der Waals surface area contributed by atoms with Crippen LogP contribution >= 0.6 is 0 Å². The van der Waals surface area contributed by atoms with Crippen molar-refractivity contribution in [3.8, 4) is 5.75 Å². The van der Waals surface area contributed by atoms with E-state index in [4.69, 9.17) is 0 Å². The van der Waals surface area contributed by atoms with Crippen LogP contribution in [0.5, 0.6) is 5.75 Å². The van der Waals surface area contributed by atoms with E-state index in [1.165, 1.54) is 0 Å². The Morgan fingerprint density at radius 1 is 1.10 bits per heavy atom. The summed E-state index contributed by atoms with van der Waals surface area (Å²) in [5.74, 6) is 2.31. The van der Waals surface area contributed by atoms with Gasteiger partial charge in [0.05, 0.1) is 16.7 Å². The minimum atomic E-state index is 0.342. The van der Waals surface area contributed by atoms with Crippen LogP contribution in [-0.4, -0.2) is 65.7 Å². The monoisotopic (exact) mass is 392 g/mol. The molecule has 1 saturated heterocycles. The van der Waals surface area contributed by atoms with Crippen LogP contribution in [0.25, 0.3) is 11.0 Å². The van der Waals surface area contributed by atoms with Gasteiger partial charge in [0.2, 0.25) is 0 Å². The second kappa shape index (κ2) is 8.86. The molecular weight excluding hydrogens is 364 g/mol. The third-order valence-electron chi connectivity index (χ3n) is 5.33. The number of aryl methyl sites for hydroxylation is 1. The van der Waals surface area contributed by atoms with Crippen molar-refractivity contribution in [1.82, 2.24) is 20.2 Å². The number of guanidine groups is 1. The highest BCUT2D eigenvalue weighted by atomic mass is 16.3. The lowest BCUT2D eigenvalue weighted by Gasteiger charge is -2.37. The van der Waals surface area contributed by atoms with E-state index in [-0.39, 0.29) is 0 Å². The molecule has 1 aliphatic rings. The molecule has 1 fully saturated rings. The van der Waals surface area contributed by atoms with E-state index in [2.05, 4.69) is 36.1 Å². The first-order valence-corrected chi connectivity index (χ1v) is 10.2. The van der Waals surface area contributed by atoms with Crippen LogP contribution in [0.15, 0.2) is 53.5 Å². The van der Waals surface area contributed by atoms with E-state index < -0.39 is 0 Å². The highest BCUT2D eigenvalue weighted by molar-refractivity contribution is 5.80. The summed E-state index contributed by atoms with van der Waals surface area (Å²) in [6.45, 7) is 4.31. The molecule has 3 N–H and O–H groups in total. The molecule has 0 bridgehead atoms. The van der Waals surface area contributed by atoms with E-state index in [1.807, 2.05) is 43.4 Å². The molecule has 0 radical (unpaired) electrons. The van der Waals surface area contributed by atoms with Crippen LogP contribution < -0.4 is 10.2 Å². The molecule has 1 aliphatic heterocycles. The molecule has 1 aromatic heterocycles. The van der Waals surface area contributed by atoms with Gasteiger partial charge in [-0.3, -0.25) is 4.99 Å². The smallest absolute Gasteiger partial charge is 0.193 e. The number of imidazole rings is 1. The van der Waals surface area contributed by atoms with Crippen molar-refractivity contribution in [1.29, 1.82) is 0 Å². The summed E-state index contributed by atoms with van der Waals surface area (Å²) < 4.78 is 0. The van der Waals surface area contributed by atoms with Gasteiger partial charge in [-0.1, -0.05) is 24.3 Å². The summed E-state index contributed by atoms with van der Waals surface area (Å²) in [6.07, 6.45) is 1.89. The summed E-state index contributed by atoms with van der Waals surface area (Å²) in [4.78, 5) is 17.0. The molecule has 7 heteroatoms. The molecule has 0 amide bonds. The number of phenols is 1. The van der Waals surface area contributed by atoms with Crippen LogP contribution in [0, 0.1) is 0 Å². The van der Waals surface area contributed by atoms with E-state index in [0.717, 1.165) is 74.1 Å². The van der Waals surface area contributed by atoms with Crippen molar-refractivity contribution in [2.24, 2.45) is 4.99 Å². The summed E-state index contributed by atoms with van der Waals surface area (Å²) in [7, 11) is 1.83. The van der Waals surface area contributed by atoms with Gasteiger partial charge < -0.3 is 25.2 Å². The average Bonchev–Trinajstić information content (AvgIpc) is 3.17. The Kier molecular flexibility index (Phi) is 5.84. The third kappa shape index (κ3) is 4.45. The molecule has 2 heterocycles. The highest BCUT2D eigenvalue weighted by Crippen LogP contribution is 2.27. The number of para-hydroxylation sites is 4. The van der Waals surface area contributed by atoms with Crippen LogP contribution in [0.2, 0.25) is 0 Å². The summed E-state index contributed by atoms with van der Waals surface area (Å²) in [6, 6.07) is 15.6. The molecule has 152 valence electrons. The van der Waals surface area contributed by atoms with Crippen molar-refractivity contribution >= 4 is 22.7 Å². The van der Waals surface area contributed by atoms with Crippen LogP contribution in [0.4, 0.5) is 5.69 Å². The summed E-state index contributed by atoms with van der Waals surface area (Å²) in [5, 5.41) is 13.5. The largest absolute Gasteiger partial charge is 0.506 e. The lowest BCUT2D eigenvalue weighted by molar-refractivity contribution is 0.369. The van der Waals surface area contributed by atoms with Crippen molar-refractivity contribution in [2.45, 2.75) is 12.8 Å². The normalized spacial score (nSPS) is 15.1. The Labute approximate surface area is 171 Å². The number of H-pyrrole nitrogens is 1. The number of nitrogens with zero attached hydrogens (tertiary/aromatic N) is 4. The molecule has 2 aromatic carbocycles. The zero-order valence-electron chi connectivity index (χ0n) is 16.8. The first-order valence-electron chi connectivity index (χ1n) is 10.2. The number of benzene rings is 2. The van der Waals surface area contributed by atoms with Gasteiger partial charge >= 0.3 is 0 Å². The number of aromatic hydroxyl groups is 1. The van der Waals surface area contributed by atoms with Crippen LogP contribution in [0.1, 0.15) is 12.2 Å². The van der Waals surface area contributed by atoms with Crippen LogP contribution in [-0.2, 0) is 6.42 Å². The number of rotatable bonds is 5. The van der Waals surface area contributed by atoms with Crippen molar-refractivity contribution < 1.29 is 5.11 Å². The molecule has 4 rings (SSSR count). The number of nitrogens with one attached hydrogen (secondary N) is 2. The number of aliphatic imine (C=N–C) groups is 1. The maximum Gasteiger partial charge on any atom is 0.193 e. The Balaban J connectivity index is 1.24. The van der Waals surface area contributed by atoms with Gasteiger partial charge in [0, 0.05) is 46.2 Å². The Bertz CT molecular complexity index is 941. The molecule has 3 aromatic rings. The second-order valence-corrected chi connectivity index (χ2v) is 7.24. The molecule has 29 heavy (non-hydrogen) atoms. The van der Waals surface area contributed by atoms with Crippen molar-refractivity contribution in [2.75, 3.05) is 44.7 Å². The fraction of sp³-hybridized carbons (Fsp3) is 0.364. The maximum absolute atomic E-state index is 10.1. The number of aromatic nitrogens is 2. The van der Waals surface area contributed by atoms with E-state index >= 15 is 0 Å². The zero-order chi connectivity index (χ0) is 20.1. The van der Waals surface area contributed by atoms with Crippen molar-refractivity contribution in [3.63, 3.8) is 0 Å². The minimum Gasteiger partial charge on any atom is -0.506 e. The number of aromatic amines is 1. The molecule has 0 atom stereocenters. The standard InChI is InChI=1S/C22H28N6O/c1-23-22(24-12-6-11-21-25-17-7-2-3-8-18(17)26-21)28-15-13-27(14-16-28)19-9-4-5-10-20(19)29/h2-5,7-10,29H,6,11-16H2,1H3,(H,23,24)(H,25,26). The van der Waals surface area contributed by atoms with E-state index in [9.17, 15) is 5.11 Å². The summed E-state index contributed by atoms with van der Waals surface area (Å²) in [5.41, 5.74) is 3.02. The predicted octanol–water partition coefficient (Wildman–Crippen LogP) is 2.60. The number of hydrogen-bond donors (Lipinski definition) is 3. The second-order valence-electron chi connectivity index (χ2n) is 7.24. The van der Waals surface area contributed by atoms with Gasteiger partial charge in [0.1, 0.15) is 11.6 Å². The fourth-order valence-corrected chi connectivity index (χ4v) is 3.80. The topological polar surface area (TPSA) is 79.8 Å². The van der Waals surface area contributed by atoms with Gasteiger partial charge in [0.25, 0.3) is 0 Å². The first kappa shape index (κ1) is 19.1. The number of fused-ring (bicyclic) bond motifs is 1. The number of anilines is 1. The quantitative estimate of drug-likeness (QED) is 0.353. The molecule has 0 aliphatic carbocycles. The minimum absolute atomic E-state index is 0.342. The SMILES string of the molecule is CN=C(NCCCc1nc2ccccc2[nH]1)N1CCN(c2ccccc2O)CC1. The van der Waals surface area contributed by atoms with Gasteiger partial charge in [-0.15, -0.1) is 0 Å². The molecule has 0 spiro atoms. The number of hydrogen-bond acceptors (Lipinski definition) is 4. The van der Waals surface area contributed by atoms with Gasteiger partial charge in [-0.05, 0) is 30.7 Å². The fourth-order valence-electron chi connectivity index (χ4n) is 3.80. The zero-order valence-corrected chi connectivity index (χ0v) is 16.8. The summed E-state index contributed by atoms with van der Waals surface area (Å²) >= 11 is 0. The van der Waals surface area contributed by atoms with Crippen molar-refractivity contribution in [3.05, 3.63) is 54.4 Å². The maximum atomic E-state index is 10.1. The number of piperazine rings is 1. The highest BCUT2D eigenvalue weighted by Gasteiger charge is 2.21. The van der Waals surface area contributed by atoms with Gasteiger partial charge in [-0.25, -0.2) is 4.98 Å². The third-order valence-corrected chi connectivity index (χ3v) is 5.33. The predicted molar refractivity (Wildman–Crippen MR) is 118 cm³/mol.